The Hall–Kier alpha value is -1.33. The summed E-state index contributed by atoms with van der Waals surface area (Å²) in [6, 6.07) is 9.82. The summed E-state index contributed by atoms with van der Waals surface area (Å²) in [6.45, 7) is 0.759. The molecule has 3 aromatic rings. The summed E-state index contributed by atoms with van der Waals surface area (Å²) in [5, 5.41) is 5.45. The van der Waals surface area contributed by atoms with Gasteiger partial charge < -0.3 is 10.3 Å². The van der Waals surface area contributed by atoms with Crippen LogP contribution in [0.4, 0.5) is 0 Å². The molecule has 1 saturated carbocycles. The van der Waals surface area contributed by atoms with Gasteiger partial charge in [0.2, 0.25) is 0 Å². The van der Waals surface area contributed by atoms with Gasteiger partial charge in [-0.2, -0.15) is 0 Å². The van der Waals surface area contributed by atoms with Gasteiger partial charge in [-0.3, -0.25) is 0 Å². The minimum absolute atomic E-state index is 0.400. The van der Waals surface area contributed by atoms with E-state index in [4.69, 9.17) is 34.8 Å². The van der Waals surface area contributed by atoms with Crippen molar-refractivity contribution >= 4 is 46.0 Å². The maximum Gasteiger partial charge on any atom is 0.179 e. The second kappa shape index (κ2) is 7.73. The normalized spacial score (nSPS) is 20.6. The number of benzene rings is 1. The zero-order valence-electron chi connectivity index (χ0n) is 14.1. The molecule has 0 saturated heterocycles. The number of H-pyrrole nitrogens is 1. The molecule has 2 atom stereocenters. The third kappa shape index (κ3) is 4.15. The second-order valence-electron chi connectivity index (χ2n) is 6.85. The van der Waals surface area contributed by atoms with Gasteiger partial charge in [-0.25, -0.2) is 9.97 Å². The zero-order valence-corrected chi connectivity index (χ0v) is 16.4. The second-order valence-corrected chi connectivity index (χ2v) is 8.11. The lowest BCUT2D eigenvalue weighted by Gasteiger charge is -2.29. The first-order valence-electron chi connectivity index (χ1n) is 8.77. The van der Waals surface area contributed by atoms with Gasteiger partial charge in [0.05, 0.1) is 5.52 Å². The van der Waals surface area contributed by atoms with Gasteiger partial charge in [-0.15, -0.1) is 0 Å². The first-order chi connectivity index (χ1) is 12.6. The Kier molecular flexibility index (Phi) is 5.37. The number of hydrogen-bond acceptors (Lipinski definition) is 3. The van der Waals surface area contributed by atoms with Gasteiger partial charge in [0.1, 0.15) is 11.0 Å². The molecule has 1 fully saturated rings. The molecule has 4 rings (SSSR count). The molecule has 0 aliphatic heterocycles. The third-order valence-electron chi connectivity index (χ3n) is 4.91. The van der Waals surface area contributed by atoms with Crippen LogP contribution in [0.5, 0.6) is 0 Å². The molecule has 2 aromatic heterocycles. The van der Waals surface area contributed by atoms with Gasteiger partial charge >= 0.3 is 0 Å². The van der Waals surface area contributed by atoms with Crippen LogP contribution >= 0.6 is 34.8 Å². The molecule has 0 bridgehead atoms. The highest BCUT2D eigenvalue weighted by Gasteiger charge is 2.25. The highest BCUT2D eigenvalue weighted by atomic mass is 35.5. The van der Waals surface area contributed by atoms with Crippen molar-refractivity contribution < 1.29 is 0 Å². The van der Waals surface area contributed by atoms with Gasteiger partial charge in [0.25, 0.3) is 0 Å². The Balaban J connectivity index is 1.43. The summed E-state index contributed by atoms with van der Waals surface area (Å²) < 4.78 is 0. The Morgan fingerprint density at radius 3 is 2.65 bits per heavy atom. The Morgan fingerprint density at radius 1 is 1.04 bits per heavy atom. The quantitative estimate of drug-likeness (QED) is 0.541. The number of aromatic nitrogens is 3. The highest BCUT2D eigenvalue weighted by Crippen LogP contribution is 2.32. The third-order valence-corrected chi connectivity index (χ3v) is 5.56. The molecule has 26 heavy (non-hydrogen) atoms. The molecular weight excluding hydrogens is 391 g/mol. The molecule has 0 amide bonds. The van der Waals surface area contributed by atoms with Crippen LogP contribution in [0.15, 0.2) is 30.3 Å². The maximum atomic E-state index is 6.08. The fourth-order valence-electron chi connectivity index (χ4n) is 3.68. The van der Waals surface area contributed by atoms with E-state index >= 15 is 0 Å². The van der Waals surface area contributed by atoms with Crippen molar-refractivity contribution in [1.82, 2.24) is 20.3 Å². The Bertz CT molecular complexity index is 904. The van der Waals surface area contributed by atoms with Crippen LogP contribution in [0.3, 0.4) is 0 Å². The van der Waals surface area contributed by atoms with E-state index in [0.717, 1.165) is 42.7 Å². The van der Waals surface area contributed by atoms with Gasteiger partial charge in [0, 0.05) is 28.5 Å². The zero-order chi connectivity index (χ0) is 18.1. The number of nitrogens with zero attached hydrogens (tertiary/aromatic N) is 2. The van der Waals surface area contributed by atoms with Crippen molar-refractivity contribution in [1.29, 1.82) is 0 Å². The molecule has 0 unspecified atom stereocenters. The number of nitrogens with one attached hydrogen (secondary N) is 2. The molecule has 2 N–H and O–H groups in total. The van der Waals surface area contributed by atoms with E-state index in [0.29, 0.717) is 32.8 Å². The summed E-state index contributed by atoms with van der Waals surface area (Å²) in [4.78, 5) is 12.4. The Morgan fingerprint density at radius 2 is 1.85 bits per heavy atom. The summed E-state index contributed by atoms with van der Waals surface area (Å²) >= 11 is 18.1. The number of rotatable bonds is 4. The smallest absolute Gasteiger partial charge is 0.179 e. The molecule has 136 valence electrons. The molecule has 0 radical (unpaired) electrons. The van der Waals surface area contributed by atoms with E-state index in [1.54, 1.807) is 12.1 Å². The molecule has 7 heteroatoms. The topological polar surface area (TPSA) is 53.6 Å². The summed E-state index contributed by atoms with van der Waals surface area (Å²) in [6.07, 6.45) is 4.51. The van der Waals surface area contributed by atoms with Crippen LogP contribution in [-0.4, -0.2) is 21.0 Å². The Labute approximate surface area is 167 Å². The van der Waals surface area contributed by atoms with Crippen LogP contribution in [0.2, 0.25) is 15.2 Å². The molecule has 1 aliphatic carbocycles. The van der Waals surface area contributed by atoms with E-state index < -0.39 is 0 Å². The minimum atomic E-state index is 0.400. The van der Waals surface area contributed by atoms with Crippen LogP contribution in [0.25, 0.3) is 11.2 Å². The standard InChI is InChI=1S/C19H19Cl3N4/c20-13-6-11(7-14(21)9-13)10-23-15-3-1-2-12(8-15)18-24-16-4-5-17(22)25-19(16)26-18/h4-7,9,12,15,23H,1-3,8,10H2,(H,24,25,26)/t12-,15+/m0/s1. The van der Waals surface area contributed by atoms with Crippen LogP contribution in [-0.2, 0) is 6.54 Å². The van der Waals surface area contributed by atoms with Crippen LogP contribution in [0.1, 0.15) is 43.0 Å². The SMILES string of the molecule is Clc1cc(Cl)cc(CN[C@@H]2CCC[C@H](c3nc4nc(Cl)ccc4[nH]3)C2)c1. The lowest BCUT2D eigenvalue weighted by molar-refractivity contribution is 0.332. The number of imidazole rings is 1. The predicted octanol–water partition coefficient (Wildman–Crippen LogP) is 5.73. The molecule has 0 spiro atoms. The van der Waals surface area contributed by atoms with E-state index in [2.05, 4.69) is 20.3 Å². The lowest BCUT2D eigenvalue weighted by atomic mass is 9.85. The van der Waals surface area contributed by atoms with Crippen molar-refractivity contribution in [3.8, 4) is 0 Å². The van der Waals surface area contributed by atoms with Gasteiger partial charge in [0.15, 0.2) is 5.65 Å². The summed E-state index contributed by atoms with van der Waals surface area (Å²) in [5.41, 5.74) is 2.73. The van der Waals surface area contributed by atoms with Crippen molar-refractivity contribution in [2.24, 2.45) is 0 Å². The largest absolute Gasteiger partial charge is 0.340 e. The molecule has 2 heterocycles. The van der Waals surface area contributed by atoms with E-state index in [-0.39, 0.29) is 0 Å². The molecular formula is C19H19Cl3N4. The fourth-order valence-corrected chi connectivity index (χ4v) is 4.39. The van der Waals surface area contributed by atoms with E-state index in [9.17, 15) is 0 Å². The number of halogens is 3. The number of pyridine rings is 1. The van der Waals surface area contributed by atoms with Crippen molar-refractivity contribution in [3.05, 3.63) is 56.9 Å². The summed E-state index contributed by atoms with van der Waals surface area (Å²) in [5.74, 6) is 1.41. The average molecular weight is 410 g/mol. The average Bonchev–Trinajstić information content (AvgIpc) is 3.03. The lowest BCUT2D eigenvalue weighted by Crippen LogP contribution is -2.33. The molecule has 1 aromatic carbocycles. The monoisotopic (exact) mass is 408 g/mol. The van der Waals surface area contributed by atoms with Crippen molar-refractivity contribution in [2.45, 2.75) is 44.2 Å². The number of aromatic amines is 1. The van der Waals surface area contributed by atoms with Crippen molar-refractivity contribution in [2.75, 3.05) is 0 Å². The number of hydrogen-bond donors (Lipinski definition) is 2. The van der Waals surface area contributed by atoms with Gasteiger partial charge in [-0.1, -0.05) is 41.2 Å². The molecule has 1 aliphatic rings. The maximum absolute atomic E-state index is 6.08. The van der Waals surface area contributed by atoms with E-state index in [1.165, 1.54) is 6.42 Å². The number of fused-ring (bicyclic) bond motifs is 1. The van der Waals surface area contributed by atoms with Crippen LogP contribution in [0, 0.1) is 0 Å². The van der Waals surface area contributed by atoms with Gasteiger partial charge in [-0.05, 0) is 55.2 Å². The predicted molar refractivity (Wildman–Crippen MR) is 107 cm³/mol. The van der Waals surface area contributed by atoms with Crippen LogP contribution < -0.4 is 5.32 Å². The fraction of sp³-hybridized carbons (Fsp3) is 0.368. The minimum Gasteiger partial charge on any atom is -0.340 e. The molecule has 4 nitrogen and oxygen atoms in total. The first kappa shape index (κ1) is 18.1. The first-order valence-corrected chi connectivity index (χ1v) is 9.91. The summed E-state index contributed by atoms with van der Waals surface area (Å²) in [7, 11) is 0. The highest BCUT2D eigenvalue weighted by molar-refractivity contribution is 6.34. The van der Waals surface area contributed by atoms with E-state index in [1.807, 2.05) is 18.2 Å². The van der Waals surface area contributed by atoms with Crippen molar-refractivity contribution in [3.63, 3.8) is 0 Å².